The van der Waals surface area contributed by atoms with Crippen LogP contribution in [0.1, 0.15) is 40.5 Å². The van der Waals surface area contributed by atoms with Gasteiger partial charge in [0.2, 0.25) is 0 Å². The van der Waals surface area contributed by atoms with Crippen LogP contribution in [0.3, 0.4) is 0 Å². The van der Waals surface area contributed by atoms with Crippen LogP contribution in [-0.4, -0.2) is 18.9 Å². The van der Waals surface area contributed by atoms with Crippen molar-refractivity contribution >= 4 is 9.84 Å². The van der Waals surface area contributed by atoms with Crippen LogP contribution in [0.4, 0.5) is 0 Å². The summed E-state index contributed by atoms with van der Waals surface area (Å²) in [6.07, 6.45) is 1.49. The molecular weight excluding hydrogens is 208 g/mol. The highest BCUT2D eigenvalue weighted by atomic mass is 32.2. The summed E-state index contributed by atoms with van der Waals surface area (Å²) in [5.41, 5.74) is 4.65. The van der Waals surface area contributed by atoms with Gasteiger partial charge in [0.1, 0.15) is 0 Å². The highest BCUT2D eigenvalue weighted by molar-refractivity contribution is 7.93. The quantitative estimate of drug-likeness (QED) is 0.678. The van der Waals surface area contributed by atoms with E-state index in [1.165, 1.54) is 11.1 Å². The molecule has 2 rings (SSSR count). The maximum atomic E-state index is 12.2. The molecule has 0 aromatic heterocycles. The summed E-state index contributed by atoms with van der Waals surface area (Å²) in [6.45, 7) is 7.95. The van der Waals surface area contributed by atoms with Gasteiger partial charge in [0.05, 0.1) is 10.5 Å². The Hall–Kier alpha value is -0.570. The Labute approximate surface area is 92.0 Å². The van der Waals surface area contributed by atoms with Crippen molar-refractivity contribution in [3.63, 3.8) is 0 Å². The van der Waals surface area contributed by atoms with E-state index in [0.29, 0.717) is 0 Å². The minimum absolute atomic E-state index is 0.189. The Morgan fingerprint density at radius 3 is 1.40 bits per heavy atom. The molecule has 0 aliphatic heterocycles. The molecule has 2 atom stereocenters. The summed E-state index contributed by atoms with van der Waals surface area (Å²) in [4.78, 5) is 0. The molecule has 84 valence electrons. The normalized spacial score (nSPS) is 31.5. The first-order valence-electron chi connectivity index (χ1n) is 5.41. The topological polar surface area (TPSA) is 34.1 Å². The lowest BCUT2D eigenvalue weighted by Crippen LogP contribution is -2.41. The molecule has 0 spiro atoms. The molecule has 0 aromatic rings. The van der Waals surface area contributed by atoms with E-state index in [-0.39, 0.29) is 10.5 Å². The third kappa shape index (κ3) is 1.40. The van der Waals surface area contributed by atoms with E-state index in [1.54, 1.807) is 0 Å². The van der Waals surface area contributed by atoms with Gasteiger partial charge in [0.15, 0.2) is 9.84 Å². The smallest absolute Gasteiger partial charge is 0.164 e. The molecule has 0 radical (unpaired) electrons. The van der Waals surface area contributed by atoms with Crippen LogP contribution in [0, 0.1) is 0 Å². The predicted octanol–water partition coefficient (Wildman–Crippen LogP) is 2.62. The molecule has 0 aromatic carbocycles. The summed E-state index contributed by atoms with van der Waals surface area (Å²) in [6, 6.07) is 0. The second kappa shape index (κ2) is 3.21. The summed E-state index contributed by atoms with van der Waals surface area (Å²) >= 11 is 0. The van der Waals surface area contributed by atoms with Crippen LogP contribution >= 0.6 is 0 Å². The van der Waals surface area contributed by atoms with Crippen molar-refractivity contribution < 1.29 is 8.42 Å². The van der Waals surface area contributed by atoms with Crippen LogP contribution < -0.4 is 0 Å². The van der Waals surface area contributed by atoms with Crippen molar-refractivity contribution in [2.45, 2.75) is 51.0 Å². The molecule has 15 heavy (non-hydrogen) atoms. The number of hydrogen-bond donors (Lipinski definition) is 0. The molecule has 0 fully saturated rings. The maximum absolute atomic E-state index is 12.2. The molecule has 0 amide bonds. The highest BCUT2D eigenvalue weighted by Gasteiger charge is 2.44. The Bertz CT molecular complexity index is 428. The van der Waals surface area contributed by atoms with Crippen LogP contribution in [-0.2, 0) is 9.84 Å². The third-order valence-electron chi connectivity index (χ3n) is 4.09. The van der Waals surface area contributed by atoms with Crippen molar-refractivity contribution in [2.24, 2.45) is 0 Å². The lowest BCUT2D eigenvalue weighted by molar-refractivity contribution is 0.558. The second-order valence-corrected chi connectivity index (χ2v) is 7.22. The monoisotopic (exact) mass is 226 g/mol. The van der Waals surface area contributed by atoms with Crippen LogP contribution in [0.25, 0.3) is 0 Å². The maximum Gasteiger partial charge on any atom is 0.164 e. The van der Waals surface area contributed by atoms with Gasteiger partial charge in [-0.1, -0.05) is 22.3 Å². The Kier molecular flexibility index (Phi) is 2.34. The zero-order valence-electron chi connectivity index (χ0n) is 9.79. The van der Waals surface area contributed by atoms with Gasteiger partial charge >= 0.3 is 0 Å². The zero-order valence-corrected chi connectivity index (χ0v) is 10.6. The van der Waals surface area contributed by atoms with E-state index >= 15 is 0 Å². The minimum atomic E-state index is -2.95. The summed E-state index contributed by atoms with van der Waals surface area (Å²) in [5, 5.41) is -0.379. The van der Waals surface area contributed by atoms with Gasteiger partial charge in [-0.05, 0) is 40.5 Å². The first-order valence-corrected chi connectivity index (χ1v) is 7.02. The van der Waals surface area contributed by atoms with E-state index < -0.39 is 9.84 Å². The van der Waals surface area contributed by atoms with Gasteiger partial charge in [0, 0.05) is 0 Å². The van der Waals surface area contributed by atoms with Gasteiger partial charge < -0.3 is 0 Å². The molecule has 2 aliphatic carbocycles. The SMILES string of the molecule is CC1=C(C)C(S(=O)(=O)C2CC(C)=C2C)C1. The largest absolute Gasteiger partial charge is 0.228 e. The highest BCUT2D eigenvalue weighted by Crippen LogP contribution is 2.41. The van der Waals surface area contributed by atoms with Crippen molar-refractivity contribution in [3.05, 3.63) is 22.3 Å². The van der Waals surface area contributed by atoms with E-state index in [9.17, 15) is 8.42 Å². The Balaban J connectivity index is 2.25. The molecule has 0 saturated heterocycles. The molecule has 0 N–H and O–H groups in total. The van der Waals surface area contributed by atoms with Crippen molar-refractivity contribution in [3.8, 4) is 0 Å². The second-order valence-electron chi connectivity index (χ2n) is 4.90. The first-order chi connectivity index (χ1) is 6.85. The standard InChI is InChI=1S/C12H18O2S/c1-7-5-11(9(7)3)15(13,14)12-6-8(2)10(12)4/h11-12H,5-6H2,1-4H3. The van der Waals surface area contributed by atoms with Gasteiger partial charge in [0.25, 0.3) is 0 Å². The molecule has 3 heteroatoms. The van der Waals surface area contributed by atoms with Gasteiger partial charge in [-0.3, -0.25) is 0 Å². The zero-order chi connectivity index (χ0) is 11.4. The van der Waals surface area contributed by atoms with Crippen molar-refractivity contribution in [1.82, 2.24) is 0 Å². The van der Waals surface area contributed by atoms with Gasteiger partial charge in [-0.2, -0.15) is 0 Å². The Morgan fingerprint density at radius 2 is 1.20 bits per heavy atom. The average Bonchev–Trinajstić information content (AvgIpc) is 2.20. The summed E-state index contributed by atoms with van der Waals surface area (Å²) < 4.78 is 24.5. The van der Waals surface area contributed by atoms with E-state index in [1.807, 2.05) is 27.7 Å². The lowest BCUT2D eigenvalue weighted by Gasteiger charge is -2.37. The average molecular weight is 226 g/mol. The Morgan fingerprint density at radius 1 is 0.867 bits per heavy atom. The predicted molar refractivity (Wildman–Crippen MR) is 62.5 cm³/mol. The lowest BCUT2D eigenvalue weighted by atomic mass is 9.90. The fourth-order valence-corrected chi connectivity index (χ4v) is 5.14. The number of hydrogen-bond acceptors (Lipinski definition) is 2. The fourth-order valence-electron chi connectivity index (χ4n) is 2.40. The summed E-state index contributed by atoms with van der Waals surface area (Å²) in [5.74, 6) is 0. The molecular formula is C12H18O2S. The molecule has 2 nitrogen and oxygen atoms in total. The van der Waals surface area contributed by atoms with Gasteiger partial charge in [-0.25, -0.2) is 8.42 Å². The minimum Gasteiger partial charge on any atom is -0.228 e. The summed E-state index contributed by atoms with van der Waals surface area (Å²) in [7, 11) is -2.95. The number of allylic oxidation sites excluding steroid dienone is 2. The fraction of sp³-hybridized carbons (Fsp3) is 0.667. The van der Waals surface area contributed by atoms with Gasteiger partial charge in [-0.15, -0.1) is 0 Å². The van der Waals surface area contributed by atoms with Crippen LogP contribution in [0.2, 0.25) is 0 Å². The molecule has 0 saturated carbocycles. The van der Waals surface area contributed by atoms with E-state index in [0.717, 1.165) is 24.0 Å². The first kappa shape index (κ1) is 10.9. The molecule has 0 heterocycles. The van der Waals surface area contributed by atoms with Crippen molar-refractivity contribution in [2.75, 3.05) is 0 Å². The number of rotatable bonds is 2. The number of sulfone groups is 1. The van der Waals surface area contributed by atoms with Crippen LogP contribution in [0.5, 0.6) is 0 Å². The molecule has 2 aliphatic rings. The molecule has 0 bridgehead atoms. The van der Waals surface area contributed by atoms with E-state index in [4.69, 9.17) is 0 Å². The van der Waals surface area contributed by atoms with E-state index in [2.05, 4.69) is 0 Å². The third-order valence-corrected chi connectivity index (χ3v) is 6.72. The van der Waals surface area contributed by atoms with Crippen LogP contribution in [0.15, 0.2) is 22.3 Å². The van der Waals surface area contributed by atoms with Crippen molar-refractivity contribution in [1.29, 1.82) is 0 Å². The molecule has 2 unspecified atom stereocenters.